The van der Waals surface area contributed by atoms with Gasteiger partial charge in [-0.3, -0.25) is 0 Å². The van der Waals surface area contributed by atoms with Gasteiger partial charge in [-0.1, -0.05) is 147 Å². The Morgan fingerprint density at radius 2 is 1.12 bits per heavy atom. The number of para-hydroxylation sites is 2. The smallest absolute Gasteiger partial charge is 0.0619 e. The molecule has 0 fully saturated rings. The highest BCUT2D eigenvalue weighted by Gasteiger charge is 2.38. The third-order valence-electron chi connectivity index (χ3n) is 10.9. The van der Waals surface area contributed by atoms with Crippen molar-refractivity contribution in [3.05, 3.63) is 193 Å². The van der Waals surface area contributed by atoms with E-state index < -0.39 is 0 Å². The van der Waals surface area contributed by atoms with E-state index in [1.54, 1.807) is 0 Å². The molecule has 1 aromatic heterocycles. The molecule has 0 bridgehead atoms. The standard InChI is InChI=1S/C49H36N2/c1-49(2)44-21-11-9-18-40(44)42-20-13-23-46(47(42)49)50(37-27-24-34(25-28-37)33-14-5-3-6-15-33)38-29-31-39-35(32-38)26-30-43-41-19-10-12-22-45(41)51(48(39)43)36-16-7-4-8-17-36/h3-32H,1-2H3. The Labute approximate surface area is 298 Å². The average Bonchev–Trinajstić information content (AvgIpc) is 3.65. The molecule has 0 saturated heterocycles. The highest BCUT2D eigenvalue weighted by atomic mass is 15.1. The topological polar surface area (TPSA) is 8.17 Å². The second kappa shape index (κ2) is 11.3. The predicted molar refractivity (Wildman–Crippen MR) is 216 cm³/mol. The molecule has 0 N–H and O–H groups in total. The van der Waals surface area contributed by atoms with Crippen LogP contribution in [-0.2, 0) is 5.41 Å². The lowest BCUT2D eigenvalue weighted by Crippen LogP contribution is -2.20. The number of hydrogen-bond acceptors (Lipinski definition) is 1. The maximum Gasteiger partial charge on any atom is 0.0619 e. The number of aromatic nitrogens is 1. The molecule has 9 aromatic rings. The van der Waals surface area contributed by atoms with Gasteiger partial charge in [0.1, 0.15) is 0 Å². The average molecular weight is 653 g/mol. The highest BCUT2D eigenvalue weighted by Crippen LogP contribution is 2.54. The van der Waals surface area contributed by atoms with Gasteiger partial charge in [0.05, 0.1) is 16.7 Å². The molecule has 0 amide bonds. The summed E-state index contributed by atoms with van der Waals surface area (Å²) in [5.41, 5.74) is 14.7. The van der Waals surface area contributed by atoms with Crippen LogP contribution in [-0.4, -0.2) is 4.57 Å². The van der Waals surface area contributed by atoms with Gasteiger partial charge in [0.2, 0.25) is 0 Å². The molecule has 1 aliphatic rings. The fourth-order valence-electron chi connectivity index (χ4n) is 8.63. The highest BCUT2D eigenvalue weighted by molar-refractivity contribution is 6.19. The first-order valence-electron chi connectivity index (χ1n) is 17.8. The minimum absolute atomic E-state index is 0.162. The molecule has 2 heteroatoms. The number of anilines is 3. The van der Waals surface area contributed by atoms with Gasteiger partial charge in [0.25, 0.3) is 0 Å². The van der Waals surface area contributed by atoms with Crippen molar-refractivity contribution in [3.63, 3.8) is 0 Å². The molecule has 10 rings (SSSR count). The van der Waals surface area contributed by atoms with E-state index >= 15 is 0 Å². The van der Waals surface area contributed by atoms with Crippen molar-refractivity contribution in [2.24, 2.45) is 0 Å². The molecule has 0 spiro atoms. The summed E-state index contributed by atoms with van der Waals surface area (Å²) in [6.07, 6.45) is 0. The van der Waals surface area contributed by atoms with E-state index in [2.05, 4.69) is 205 Å². The lowest BCUT2D eigenvalue weighted by Gasteiger charge is -2.32. The molecule has 0 atom stereocenters. The van der Waals surface area contributed by atoms with Crippen molar-refractivity contribution in [2.45, 2.75) is 19.3 Å². The molecule has 8 aromatic carbocycles. The molecule has 51 heavy (non-hydrogen) atoms. The molecule has 0 radical (unpaired) electrons. The fourth-order valence-corrected chi connectivity index (χ4v) is 8.63. The first-order valence-corrected chi connectivity index (χ1v) is 17.8. The van der Waals surface area contributed by atoms with Crippen LogP contribution in [0, 0.1) is 0 Å². The number of nitrogens with zero attached hydrogens (tertiary/aromatic N) is 2. The molecule has 1 aliphatic carbocycles. The molecule has 2 nitrogen and oxygen atoms in total. The van der Waals surface area contributed by atoms with Crippen LogP contribution in [0.5, 0.6) is 0 Å². The summed E-state index contributed by atoms with van der Waals surface area (Å²) in [4.78, 5) is 2.47. The summed E-state index contributed by atoms with van der Waals surface area (Å²) >= 11 is 0. The molecule has 242 valence electrons. The van der Waals surface area contributed by atoms with Gasteiger partial charge in [-0.15, -0.1) is 0 Å². The Morgan fingerprint density at radius 3 is 1.94 bits per heavy atom. The number of fused-ring (bicyclic) bond motifs is 8. The Balaban J connectivity index is 1.21. The van der Waals surface area contributed by atoms with Crippen LogP contribution in [0.2, 0.25) is 0 Å². The zero-order valence-corrected chi connectivity index (χ0v) is 28.7. The summed E-state index contributed by atoms with van der Waals surface area (Å²) in [5, 5.41) is 4.98. The van der Waals surface area contributed by atoms with Crippen LogP contribution in [0.3, 0.4) is 0 Å². The van der Waals surface area contributed by atoms with Gasteiger partial charge in [-0.05, 0) is 87.3 Å². The normalized spacial score (nSPS) is 13.1. The quantitative estimate of drug-likeness (QED) is 0.180. The van der Waals surface area contributed by atoms with Crippen molar-refractivity contribution in [1.29, 1.82) is 0 Å². The fraction of sp³-hybridized carbons (Fsp3) is 0.0612. The minimum atomic E-state index is -0.162. The summed E-state index contributed by atoms with van der Waals surface area (Å²) in [6, 6.07) is 66.5. The van der Waals surface area contributed by atoms with E-state index in [9.17, 15) is 0 Å². The van der Waals surface area contributed by atoms with Crippen molar-refractivity contribution >= 4 is 49.6 Å². The first-order chi connectivity index (χ1) is 25.1. The van der Waals surface area contributed by atoms with Crippen molar-refractivity contribution < 1.29 is 0 Å². The van der Waals surface area contributed by atoms with Crippen LogP contribution < -0.4 is 4.90 Å². The van der Waals surface area contributed by atoms with E-state index in [0.29, 0.717) is 0 Å². The lowest BCUT2D eigenvalue weighted by atomic mass is 9.81. The molecular weight excluding hydrogens is 617 g/mol. The summed E-state index contributed by atoms with van der Waals surface area (Å²) in [5.74, 6) is 0. The third kappa shape index (κ3) is 4.50. The maximum absolute atomic E-state index is 2.47. The Morgan fingerprint density at radius 1 is 0.471 bits per heavy atom. The SMILES string of the molecule is CC1(C)c2ccccc2-c2cccc(N(c3ccc(-c4ccccc4)cc3)c3ccc4c(ccc5c6ccccc6n(-c6ccccc6)c45)c3)c21. The minimum Gasteiger partial charge on any atom is -0.310 e. The van der Waals surface area contributed by atoms with Crippen molar-refractivity contribution in [1.82, 2.24) is 4.57 Å². The van der Waals surface area contributed by atoms with Crippen LogP contribution in [0.1, 0.15) is 25.0 Å². The largest absolute Gasteiger partial charge is 0.310 e. The van der Waals surface area contributed by atoms with Crippen LogP contribution in [0.4, 0.5) is 17.1 Å². The third-order valence-corrected chi connectivity index (χ3v) is 10.9. The second-order valence-corrected chi connectivity index (χ2v) is 14.2. The zero-order valence-electron chi connectivity index (χ0n) is 28.7. The maximum atomic E-state index is 2.47. The second-order valence-electron chi connectivity index (χ2n) is 14.2. The number of rotatable bonds is 5. The Hall–Kier alpha value is -6.38. The molecule has 1 heterocycles. The number of hydrogen-bond donors (Lipinski definition) is 0. The summed E-state index contributed by atoms with van der Waals surface area (Å²) in [7, 11) is 0. The van der Waals surface area contributed by atoms with Gasteiger partial charge in [0.15, 0.2) is 0 Å². The van der Waals surface area contributed by atoms with E-state index in [4.69, 9.17) is 0 Å². The van der Waals surface area contributed by atoms with E-state index in [-0.39, 0.29) is 5.41 Å². The Bertz CT molecular complexity index is 2750. The van der Waals surface area contributed by atoms with Gasteiger partial charge in [-0.25, -0.2) is 0 Å². The van der Waals surface area contributed by atoms with E-state index in [1.165, 1.54) is 77.3 Å². The molecule has 0 saturated carbocycles. The van der Waals surface area contributed by atoms with Crippen LogP contribution in [0.25, 0.3) is 60.5 Å². The summed E-state index contributed by atoms with van der Waals surface area (Å²) in [6.45, 7) is 4.74. The predicted octanol–water partition coefficient (Wildman–Crippen LogP) is 13.4. The molecule has 0 unspecified atom stereocenters. The lowest BCUT2D eigenvalue weighted by molar-refractivity contribution is 0.661. The van der Waals surface area contributed by atoms with Gasteiger partial charge in [0, 0.05) is 38.6 Å². The zero-order chi connectivity index (χ0) is 34.1. The van der Waals surface area contributed by atoms with Gasteiger partial charge in [-0.2, -0.15) is 0 Å². The van der Waals surface area contributed by atoms with E-state index in [1.807, 2.05) is 0 Å². The van der Waals surface area contributed by atoms with E-state index in [0.717, 1.165) is 11.4 Å². The Kier molecular flexibility index (Phi) is 6.56. The summed E-state index contributed by atoms with van der Waals surface area (Å²) < 4.78 is 2.43. The van der Waals surface area contributed by atoms with Gasteiger partial charge >= 0.3 is 0 Å². The van der Waals surface area contributed by atoms with Crippen LogP contribution >= 0.6 is 0 Å². The van der Waals surface area contributed by atoms with Crippen molar-refractivity contribution in [3.8, 4) is 27.9 Å². The van der Waals surface area contributed by atoms with Crippen LogP contribution in [0.15, 0.2) is 182 Å². The molecule has 0 aliphatic heterocycles. The monoisotopic (exact) mass is 652 g/mol. The number of benzene rings is 8. The van der Waals surface area contributed by atoms with Crippen molar-refractivity contribution in [2.75, 3.05) is 4.90 Å². The van der Waals surface area contributed by atoms with Gasteiger partial charge < -0.3 is 9.47 Å². The molecular formula is C49H36N2. The first kappa shape index (κ1) is 29.5.